The predicted molar refractivity (Wildman–Crippen MR) is 82.0 cm³/mol. The van der Waals surface area contributed by atoms with Crippen molar-refractivity contribution in [3.05, 3.63) is 70.8 Å². The highest BCUT2D eigenvalue weighted by Gasteiger charge is 2.46. The van der Waals surface area contributed by atoms with Crippen LogP contribution in [0.25, 0.3) is 0 Å². The third-order valence-electron chi connectivity index (χ3n) is 4.07. The zero-order chi connectivity index (χ0) is 17.3. The van der Waals surface area contributed by atoms with E-state index in [9.17, 15) is 18.4 Å². The van der Waals surface area contributed by atoms with E-state index in [-0.39, 0.29) is 18.1 Å². The Bertz CT molecular complexity index is 807. The van der Waals surface area contributed by atoms with Crippen molar-refractivity contribution in [1.29, 1.82) is 0 Å². The van der Waals surface area contributed by atoms with Crippen LogP contribution in [0.15, 0.2) is 42.5 Å². The number of halogens is 2. The Balaban J connectivity index is 1.60. The first kappa shape index (κ1) is 16.1. The van der Waals surface area contributed by atoms with Crippen molar-refractivity contribution in [1.82, 2.24) is 0 Å². The fourth-order valence-electron chi connectivity index (χ4n) is 2.68. The number of amides is 1. The van der Waals surface area contributed by atoms with Crippen molar-refractivity contribution in [3.63, 3.8) is 0 Å². The van der Waals surface area contributed by atoms with Gasteiger partial charge in [0, 0.05) is 11.5 Å². The van der Waals surface area contributed by atoms with Gasteiger partial charge in [0.25, 0.3) is 0 Å². The molecule has 4 nitrogen and oxygen atoms in total. The molecule has 0 radical (unpaired) electrons. The van der Waals surface area contributed by atoms with Crippen LogP contribution < -0.4 is 5.73 Å². The summed E-state index contributed by atoms with van der Waals surface area (Å²) in [5, 5.41) is 0. The van der Waals surface area contributed by atoms with Gasteiger partial charge in [-0.2, -0.15) is 0 Å². The second-order valence-corrected chi connectivity index (χ2v) is 5.76. The molecule has 124 valence electrons. The number of esters is 1. The molecule has 1 aliphatic carbocycles. The van der Waals surface area contributed by atoms with Crippen LogP contribution in [0.4, 0.5) is 8.78 Å². The Morgan fingerprint density at radius 2 is 1.92 bits per heavy atom. The standard InChI is InChI=1S/C18H15F2NO3/c19-15-6-2-5-12(16(15)20)13-8-14(13)18(23)24-9-10-3-1-4-11(7-10)17(21)22/h1-7,13-14H,8-9H2,(H2,21,22). The van der Waals surface area contributed by atoms with Gasteiger partial charge in [-0.05, 0) is 35.7 Å². The van der Waals surface area contributed by atoms with Crippen LogP contribution in [0.5, 0.6) is 0 Å². The molecule has 0 spiro atoms. The number of carbonyl (C=O) groups excluding carboxylic acids is 2. The second kappa shape index (κ2) is 6.39. The maximum atomic E-state index is 13.7. The van der Waals surface area contributed by atoms with E-state index in [0.717, 1.165) is 6.07 Å². The van der Waals surface area contributed by atoms with Crippen LogP contribution in [-0.2, 0) is 16.1 Å². The van der Waals surface area contributed by atoms with Crippen LogP contribution in [-0.4, -0.2) is 11.9 Å². The van der Waals surface area contributed by atoms with Gasteiger partial charge in [-0.3, -0.25) is 9.59 Å². The molecule has 2 aromatic carbocycles. The summed E-state index contributed by atoms with van der Waals surface area (Å²) >= 11 is 0. The lowest BCUT2D eigenvalue weighted by molar-refractivity contribution is -0.146. The van der Waals surface area contributed by atoms with Gasteiger partial charge in [0.2, 0.25) is 5.91 Å². The molecule has 0 aliphatic heterocycles. The monoisotopic (exact) mass is 331 g/mol. The third-order valence-corrected chi connectivity index (χ3v) is 4.07. The Hall–Kier alpha value is -2.76. The minimum atomic E-state index is -0.921. The molecule has 1 amide bonds. The molecule has 1 fully saturated rings. The summed E-state index contributed by atoms with van der Waals surface area (Å²) in [7, 11) is 0. The van der Waals surface area contributed by atoms with Crippen molar-refractivity contribution in [3.8, 4) is 0 Å². The minimum absolute atomic E-state index is 0.00515. The quantitative estimate of drug-likeness (QED) is 0.857. The molecule has 1 aliphatic rings. The van der Waals surface area contributed by atoms with Gasteiger partial charge in [0.1, 0.15) is 6.61 Å². The van der Waals surface area contributed by atoms with E-state index >= 15 is 0 Å². The summed E-state index contributed by atoms with van der Waals surface area (Å²) in [5.41, 5.74) is 6.36. The van der Waals surface area contributed by atoms with Gasteiger partial charge in [0.15, 0.2) is 11.6 Å². The van der Waals surface area contributed by atoms with Gasteiger partial charge >= 0.3 is 5.97 Å². The molecule has 2 aromatic rings. The lowest BCUT2D eigenvalue weighted by atomic mass is 10.1. The van der Waals surface area contributed by atoms with E-state index in [1.165, 1.54) is 12.1 Å². The summed E-state index contributed by atoms with van der Waals surface area (Å²) < 4.78 is 32.2. The van der Waals surface area contributed by atoms with E-state index in [1.807, 2.05) is 0 Å². The van der Waals surface area contributed by atoms with Crippen molar-refractivity contribution in [2.45, 2.75) is 18.9 Å². The lowest BCUT2D eigenvalue weighted by Gasteiger charge is -2.06. The van der Waals surface area contributed by atoms with E-state index in [4.69, 9.17) is 10.5 Å². The summed E-state index contributed by atoms with van der Waals surface area (Å²) in [6.07, 6.45) is 0.431. The van der Waals surface area contributed by atoms with Crippen LogP contribution in [0.2, 0.25) is 0 Å². The number of nitrogens with two attached hydrogens (primary N) is 1. The maximum absolute atomic E-state index is 13.7. The molecular weight excluding hydrogens is 316 g/mol. The topological polar surface area (TPSA) is 69.4 Å². The molecular formula is C18H15F2NO3. The number of primary amides is 1. The molecule has 3 rings (SSSR count). The predicted octanol–water partition coefficient (Wildman–Crippen LogP) is 2.91. The maximum Gasteiger partial charge on any atom is 0.309 e. The van der Waals surface area contributed by atoms with Crippen LogP contribution >= 0.6 is 0 Å². The van der Waals surface area contributed by atoms with E-state index in [2.05, 4.69) is 0 Å². The largest absolute Gasteiger partial charge is 0.461 e. The van der Waals surface area contributed by atoms with Gasteiger partial charge < -0.3 is 10.5 Å². The van der Waals surface area contributed by atoms with E-state index in [1.54, 1.807) is 24.3 Å². The first-order valence-electron chi connectivity index (χ1n) is 7.46. The zero-order valence-corrected chi connectivity index (χ0v) is 12.7. The van der Waals surface area contributed by atoms with Crippen molar-refractivity contribution >= 4 is 11.9 Å². The zero-order valence-electron chi connectivity index (χ0n) is 12.7. The highest BCUT2D eigenvalue weighted by Crippen LogP contribution is 2.49. The van der Waals surface area contributed by atoms with E-state index in [0.29, 0.717) is 17.5 Å². The number of rotatable bonds is 5. The molecule has 24 heavy (non-hydrogen) atoms. The molecule has 2 atom stereocenters. The van der Waals surface area contributed by atoms with Gasteiger partial charge in [-0.25, -0.2) is 8.78 Å². The highest BCUT2D eigenvalue weighted by atomic mass is 19.2. The smallest absolute Gasteiger partial charge is 0.309 e. The molecule has 0 bridgehead atoms. The Morgan fingerprint density at radius 1 is 1.17 bits per heavy atom. The van der Waals surface area contributed by atoms with Gasteiger partial charge in [-0.15, -0.1) is 0 Å². The normalized spacial score (nSPS) is 18.9. The summed E-state index contributed by atoms with van der Waals surface area (Å²) in [4.78, 5) is 23.2. The molecule has 2 N–H and O–H groups in total. The Kier molecular flexibility index (Phi) is 4.29. The van der Waals surface area contributed by atoms with Crippen LogP contribution in [0.3, 0.4) is 0 Å². The SMILES string of the molecule is NC(=O)c1cccc(COC(=O)C2CC2c2cccc(F)c2F)c1. The molecule has 0 heterocycles. The first-order chi connectivity index (χ1) is 11.5. The van der Waals surface area contributed by atoms with E-state index < -0.39 is 29.4 Å². The Labute approximate surface area is 137 Å². The first-order valence-corrected chi connectivity index (χ1v) is 7.46. The summed E-state index contributed by atoms with van der Waals surface area (Å²) in [6.45, 7) is -0.00515. The molecule has 0 aromatic heterocycles. The number of benzene rings is 2. The third kappa shape index (κ3) is 3.27. The fraction of sp³-hybridized carbons (Fsp3) is 0.222. The van der Waals surface area contributed by atoms with Crippen molar-refractivity contribution in [2.24, 2.45) is 11.7 Å². The minimum Gasteiger partial charge on any atom is -0.461 e. The molecule has 2 unspecified atom stereocenters. The molecule has 6 heteroatoms. The van der Waals surface area contributed by atoms with Gasteiger partial charge in [0.05, 0.1) is 5.92 Å². The van der Waals surface area contributed by atoms with Crippen molar-refractivity contribution < 1.29 is 23.1 Å². The lowest BCUT2D eigenvalue weighted by Crippen LogP contribution is -2.12. The average Bonchev–Trinajstić information content (AvgIpc) is 3.36. The summed E-state index contributed by atoms with van der Waals surface area (Å²) in [5.74, 6) is -3.69. The van der Waals surface area contributed by atoms with Crippen LogP contribution in [0.1, 0.15) is 33.8 Å². The fourth-order valence-corrected chi connectivity index (χ4v) is 2.68. The number of ether oxygens (including phenoxy) is 1. The Morgan fingerprint density at radius 3 is 2.67 bits per heavy atom. The number of hydrogen-bond donors (Lipinski definition) is 1. The summed E-state index contributed by atoms with van der Waals surface area (Å²) in [6, 6.07) is 10.4. The van der Waals surface area contributed by atoms with Crippen molar-refractivity contribution in [2.75, 3.05) is 0 Å². The van der Waals surface area contributed by atoms with Gasteiger partial charge in [-0.1, -0.05) is 24.3 Å². The average molecular weight is 331 g/mol. The molecule has 0 saturated heterocycles. The molecule has 1 saturated carbocycles. The number of carbonyl (C=O) groups is 2. The highest BCUT2D eigenvalue weighted by molar-refractivity contribution is 5.92. The second-order valence-electron chi connectivity index (χ2n) is 5.76. The number of hydrogen-bond acceptors (Lipinski definition) is 3. The van der Waals surface area contributed by atoms with Crippen LogP contribution in [0, 0.1) is 17.6 Å².